The molecule has 7 heteroatoms. The van der Waals surface area contributed by atoms with Gasteiger partial charge in [-0.3, -0.25) is 4.79 Å². The van der Waals surface area contributed by atoms with E-state index in [1.54, 1.807) is 0 Å². The quantitative estimate of drug-likeness (QED) is 0.788. The Balaban J connectivity index is 0.00000280. The van der Waals surface area contributed by atoms with Gasteiger partial charge in [0.25, 0.3) is 0 Å². The molecule has 2 aromatic rings. The first-order valence-corrected chi connectivity index (χ1v) is 9.90. The lowest BCUT2D eigenvalue weighted by Crippen LogP contribution is -2.45. The number of aryl methyl sites for hydroxylation is 1. The highest BCUT2D eigenvalue weighted by atomic mass is 35.5. The number of carbonyl (C=O) groups is 1. The normalized spacial score (nSPS) is 18.0. The summed E-state index contributed by atoms with van der Waals surface area (Å²) < 4.78 is 5.34. The molecule has 1 saturated heterocycles. The van der Waals surface area contributed by atoms with Crippen molar-refractivity contribution in [2.24, 2.45) is 11.7 Å². The van der Waals surface area contributed by atoms with Crippen LogP contribution in [0.4, 0.5) is 0 Å². The van der Waals surface area contributed by atoms with E-state index in [-0.39, 0.29) is 24.4 Å². The molecule has 1 amide bonds. The summed E-state index contributed by atoms with van der Waals surface area (Å²) in [6.07, 6.45) is 2.98. The van der Waals surface area contributed by atoms with Crippen molar-refractivity contribution in [2.75, 3.05) is 13.1 Å². The van der Waals surface area contributed by atoms with Gasteiger partial charge in [-0.25, -0.2) is 0 Å². The van der Waals surface area contributed by atoms with Gasteiger partial charge in [-0.2, -0.15) is 4.98 Å². The van der Waals surface area contributed by atoms with Gasteiger partial charge in [-0.05, 0) is 37.2 Å². The fourth-order valence-corrected chi connectivity index (χ4v) is 3.53. The van der Waals surface area contributed by atoms with Crippen molar-refractivity contribution in [3.05, 3.63) is 35.7 Å². The number of likely N-dealkylation sites (tertiary alicyclic amines) is 1. The molecule has 0 radical (unpaired) electrons. The topological polar surface area (TPSA) is 85.2 Å². The van der Waals surface area contributed by atoms with E-state index in [9.17, 15) is 4.79 Å². The standard InChI is InChI=1S/C21H30N4O2.ClH/c1-14(2)16-6-8-17(9-7-16)21-23-19(27-24-21)10-11-20(26)25-12-4-5-18(13-25)15(3)22;/h6-9,14-15,18H,4-5,10-13,22H2,1-3H3;1H. The summed E-state index contributed by atoms with van der Waals surface area (Å²) in [4.78, 5) is 18.9. The molecule has 2 atom stereocenters. The molecule has 1 aromatic carbocycles. The minimum absolute atomic E-state index is 0. The zero-order valence-corrected chi connectivity index (χ0v) is 17.7. The molecule has 1 aliphatic heterocycles. The van der Waals surface area contributed by atoms with Crippen LogP contribution in [-0.4, -0.2) is 40.1 Å². The number of benzene rings is 1. The van der Waals surface area contributed by atoms with Gasteiger partial charge >= 0.3 is 0 Å². The molecule has 1 aliphatic rings. The van der Waals surface area contributed by atoms with E-state index >= 15 is 0 Å². The molecule has 0 bridgehead atoms. The highest BCUT2D eigenvalue weighted by molar-refractivity contribution is 5.85. The predicted octanol–water partition coefficient (Wildman–Crippen LogP) is 3.80. The molecule has 0 aliphatic carbocycles. The number of rotatable bonds is 6. The van der Waals surface area contributed by atoms with E-state index in [1.807, 2.05) is 24.0 Å². The maximum Gasteiger partial charge on any atom is 0.227 e. The molecule has 2 heterocycles. The zero-order valence-electron chi connectivity index (χ0n) is 16.9. The van der Waals surface area contributed by atoms with E-state index in [1.165, 1.54) is 5.56 Å². The van der Waals surface area contributed by atoms with Gasteiger partial charge in [0.15, 0.2) is 0 Å². The second kappa shape index (κ2) is 10.0. The average Bonchev–Trinajstić information content (AvgIpc) is 3.15. The number of amides is 1. The molecule has 1 fully saturated rings. The van der Waals surface area contributed by atoms with Gasteiger partial charge in [0.2, 0.25) is 17.6 Å². The van der Waals surface area contributed by atoms with Gasteiger partial charge in [0, 0.05) is 37.5 Å². The molecule has 2 N–H and O–H groups in total. The van der Waals surface area contributed by atoms with Gasteiger partial charge < -0.3 is 15.2 Å². The second-order valence-electron chi connectivity index (χ2n) is 7.89. The lowest BCUT2D eigenvalue weighted by molar-refractivity contribution is -0.133. The van der Waals surface area contributed by atoms with Crippen LogP contribution in [0.5, 0.6) is 0 Å². The van der Waals surface area contributed by atoms with E-state index in [0.717, 1.165) is 31.5 Å². The highest BCUT2D eigenvalue weighted by Crippen LogP contribution is 2.22. The Morgan fingerprint density at radius 3 is 2.64 bits per heavy atom. The third kappa shape index (κ3) is 5.55. The van der Waals surface area contributed by atoms with E-state index in [0.29, 0.717) is 36.4 Å². The molecule has 28 heavy (non-hydrogen) atoms. The zero-order chi connectivity index (χ0) is 19.4. The molecule has 0 spiro atoms. The third-order valence-corrected chi connectivity index (χ3v) is 5.41. The number of hydrogen-bond donors (Lipinski definition) is 1. The van der Waals surface area contributed by atoms with Crippen molar-refractivity contribution in [1.29, 1.82) is 0 Å². The minimum atomic E-state index is 0. The van der Waals surface area contributed by atoms with Crippen molar-refractivity contribution >= 4 is 18.3 Å². The van der Waals surface area contributed by atoms with Gasteiger partial charge in [-0.1, -0.05) is 43.3 Å². The summed E-state index contributed by atoms with van der Waals surface area (Å²) in [6.45, 7) is 7.92. The first-order chi connectivity index (χ1) is 12.9. The maximum absolute atomic E-state index is 12.5. The fourth-order valence-electron chi connectivity index (χ4n) is 3.53. The lowest BCUT2D eigenvalue weighted by Gasteiger charge is -2.34. The third-order valence-electron chi connectivity index (χ3n) is 5.41. The number of halogens is 1. The number of nitrogens with zero attached hydrogens (tertiary/aromatic N) is 3. The second-order valence-corrected chi connectivity index (χ2v) is 7.89. The van der Waals surface area contributed by atoms with Crippen molar-refractivity contribution in [3.8, 4) is 11.4 Å². The average molecular weight is 407 g/mol. The van der Waals surface area contributed by atoms with Crippen molar-refractivity contribution in [1.82, 2.24) is 15.0 Å². The summed E-state index contributed by atoms with van der Waals surface area (Å²) in [5, 5.41) is 4.06. The van der Waals surface area contributed by atoms with Crippen LogP contribution >= 0.6 is 12.4 Å². The number of hydrogen-bond acceptors (Lipinski definition) is 5. The van der Waals surface area contributed by atoms with Crippen molar-refractivity contribution in [2.45, 2.75) is 58.4 Å². The first-order valence-electron chi connectivity index (χ1n) is 9.90. The van der Waals surface area contributed by atoms with E-state index in [2.05, 4.69) is 36.1 Å². The van der Waals surface area contributed by atoms with Crippen LogP contribution in [0, 0.1) is 5.92 Å². The first kappa shape index (κ1) is 22.4. The number of nitrogens with two attached hydrogens (primary N) is 1. The molecule has 1 aromatic heterocycles. The van der Waals surface area contributed by atoms with Crippen LogP contribution in [0.1, 0.15) is 57.4 Å². The van der Waals surface area contributed by atoms with Crippen LogP contribution < -0.4 is 5.73 Å². The Morgan fingerprint density at radius 2 is 2.00 bits per heavy atom. The summed E-state index contributed by atoms with van der Waals surface area (Å²) in [7, 11) is 0. The van der Waals surface area contributed by atoms with E-state index in [4.69, 9.17) is 10.3 Å². The molecule has 6 nitrogen and oxygen atoms in total. The van der Waals surface area contributed by atoms with Gasteiger partial charge in [0.05, 0.1) is 0 Å². The van der Waals surface area contributed by atoms with Crippen LogP contribution in [0.3, 0.4) is 0 Å². The van der Waals surface area contributed by atoms with Gasteiger partial charge in [0.1, 0.15) is 0 Å². The Morgan fingerprint density at radius 1 is 1.29 bits per heavy atom. The summed E-state index contributed by atoms with van der Waals surface area (Å²) in [6, 6.07) is 8.32. The van der Waals surface area contributed by atoms with Crippen LogP contribution in [0.25, 0.3) is 11.4 Å². The summed E-state index contributed by atoms with van der Waals surface area (Å²) in [5.74, 6) is 2.10. The smallest absolute Gasteiger partial charge is 0.227 e. The fraction of sp³-hybridized carbons (Fsp3) is 0.571. The van der Waals surface area contributed by atoms with Gasteiger partial charge in [-0.15, -0.1) is 12.4 Å². The Labute approximate surface area is 173 Å². The van der Waals surface area contributed by atoms with Crippen molar-refractivity contribution in [3.63, 3.8) is 0 Å². The largest absolute Gasteiger partial charge is 0.342 e. The summed E-state index contributed by atoms with van der Waals surface area (Å²) >= 11 is 0. The number of piperidine rings is 1. The lowest BCUT2D eigenvalue weighted by atomic mass is 9.92. The number of aromatic nitrogens is 2. The van der Waals surface area contributed by atoms with Crippen LogP contribution in [0.2, 0.25) is 0 Å². The Bertz CT molecular complexity index is 758. The Hall–Kier alpha value is -1.92. The van der Waals surface area contributed by atoms with Crippen LogP contribution in [0.15, 0.2) is 28.8 Å². The molecular formula is C21H31ClN4O2. The van der Waals surface area contributed by atoms with E-state index < -0.39 is 0 Å². The summed E-state index contributed by atoms with van der Waals surface area (Å²) in [5.41, 5.74) is 8.21. The Kier molecular flexibility index (Phi) is 8.01. The van der Waals surface area contributed by atoms with Crippen molar-refractivity contribution < 1.29 is 9.32 Å². The van der Waals surface area contributed by atoms with Crippen LogP contribution in [-0.2, 0) is 11.2 Å². The molecule has 0 saturated carbocycles. The molecule has 3 rings (SSSR count). The molecule has 154 valence electrons. The SMILES string of the molecule is CC(C)c1ccc(-c2noc(CCC(=O)N3CCCC(C(C)N)C3)n2)cc1.Cl. The minimum Gasteiger partial charge on any atom is -0.342 e. The predicted molar refractivity (Wildman–Crippen MR) is 112 cm³/mol. The monoisotopic (exact) mass is 406 g/mol. The molecule has 2 unspecified atom stereocenters. The number of carbonyl (C=O) groups excluding carboxylic acids is 1. The maximum atomic E-state index is 12.5. The molecular weight excluding hydrogens is 376 g/mol. The highest BCUT2D eigenvalue weighted by Gasteiger charge is 2.25.